The fourth-order valence-corrected chi connectivity index (χ4v) is 2.41. The van der Waals surface area contributed by atoms with Crippen LogP contribution in [0.1, 0.15) is 0 Å². The van der Waals surface area contributed by atoms with Crippen molar-refractivity contribution in [2.75, 3.05) is 5.73 Å². The van der Waals surface area contributed by atoms with Crippen LogP contribution < -0.4 is 5.73 Å². The van der Waals surface area contributed by atoms with E-state index in [1.165, 1.54) is 0 Å². The topological polar surface area (TPSA) is 51.8 Å². The predicted molar refractivity (Wildman–Crippen MR) is 77.1 cm³/mol. The van der Waals surface area contributed by atoms with Gasteiger partial charge in [-0.1, -0.05) is 46.3 Å². The van der Waals surface area contributed by atoms with Crippen LogP contribution in [0.25, 0.3) is 22.0 Å². The molecule has 0 saturated heterocycles. The molecule has 0 aliphatic rings. The van der Waals surface area contributed by atoms with Crippen molar-refractivity contribution >= 4 is 32.8 Å². The minimum absolute atomic E-state index is 0.298. The van der Waals surface area contributed by atoms with E-state index in [2.05, 4.69) is 38.0 Å². The lowest BCUT2D eigenvalue weighted by atomic mass is 10.0. The van der Waals surface area contributed by atoms with Crippen molar-refractivity contribution in [2.45, 2.75) is 0 Å². The number of rotatable bonds is 1. The fraction of sp³-hybridized carbons (Fsp3) is 0. The minimum atomic E-state index is 0.298. The summed E-state index contributed by atoms with van der Waals surface area (Å²) in [7, 11) is 0. The Morgan fingerprint density at radius 2 is 1.89 bits per heavy atom. The van der Waals surface area contributed by atoms with Gasteiger partial charge < -0.3 is 5.73 Å². The predicted octanol–water partition coefficient (Wildman–Crippen LogP) is 3.64. The summed E-state index contributed by atoms with van der Waals surface area (Å²) < 4.78 is 1.06. The van der Waals surface area contributed by atoms with E-state index in [9.17, 15) is 0 Å². The molecule has 0 unspecified atom stereocenters. The molecule has 2 aromatic carbocycles. The highest BCUT2D eigenvalue weighted by Crippen LogP contribution is 2.29. The molecule has 0 radical (unpaired) electrons. The standard InChI is InChI=1S/C14H10BrN3/c15-12-4-2-1-3-11(12)9-5-6-10-8-17-14(16)18-13(10)7-9/h1-8H,(H2,16,17,18). The first-order valence-corrected chi connectivity index (χ1v) is 6.30. The molecule has 0 atom stereocenters. The van der Waals surface area contributed by atoms with Crippen molar-refractivity contribution in [1.82, 2.24) is 9.97 Å². The van der Waals surface area contributed by atoms with Crippen molar-refractivity contribution in [3.8, 4) is 11.1 Å². The number of fused-ring (bicyclic) bond motifs is 1. The maximum atomic E-state index is 5.61. The first-order valence-electron chi connectivity index (χ1n) is 5.51. The Balaban J connectivity index is 2.22. The first-order chi connectivity index (χ1) is 8.74. The molecule has 0 amide bonds. The van der Waals surface area contributed by atoms with Gasteiger partial charge in [-0.05, 0) is 23.3 Å². The zero-order chi connectivity index (χ0) is 12.5. The molecule has 1 aromatic heterocycles. The summed E-state index contributed by atoms with van der Waals surface area (Å²) in [5.74, 6) is 0.298. The molecule has 1 heterocycles. The van der Waals surface area contributed by atoms with Crippen LogP contribution in [-0.2, 0) is 0 Å². The molecule has 4 heteroatoms. The van der Waals surface area contributed by atoms with E-state index in [0.717, 1.165) is 26.5 Å². The van der Waals surface area contributed by atoms with Crippen LogP contribution in [0.4, 0.5) is 5.95 Å². The second kappa shape index (κ2) is 4.38. The monoisotopic (exact) mass is 299 g/mol. The highest BCUT2D eigenvalue weighted by Gasteiger charge is 2.04. The summed E-state index contributed by atoms with van der Waals surface area (Å²) in [6, 6.07) is 14.2. The van der Waals surface area contributed by atoms with Gasteiger partial charge in [0, 0.05) is 16.1 Å². The van der Waals surface area contributed by atoms with E-state index in [0.29, 0.717) is 5.95 Å². The van der Waals surface area contributed by atoms with Gasteiger partial charge in [0.15, 0.2) is 0 Å². The molecule has 3 rings (SSSR count). The maximum Gasteiger partial charge on any atom is 0.220 e. The number of hydrogen-bond donors (Lipinski definition) is 1. The summed E-state index contributed by atoms with van der Waals surface area (Å²) >= 11 is 3.55. The van der Waals surface area contributed by atoms with E-state index in [1.807, 2.05) is 30.3 Å². The molecule has 0 aliphatic carbocycles. The summed E-state index contributed by atoms with van der Waals surface area (Å²) in [4.78, 5) is 8.23. The Labute approximate surface area is 113 Å². The van der Waals surface area contributed by atoms with E-state index in [4.69, 9.17) is 5.73 Å². The van der Waals surface area contributed by atoms with Crippen LogP contribution >= 0.6 is 15.9 Å². The highest BCUT2D eigenvalue weighted by atomic mass is 79.9. The Kier molecular flexibility index (Phi) is 2.72. The Morgan fingerprint density at radius 3 is 2.72 bits per heavy atom. The molecule has 3 aromatic rings. The highest BCUT2D eigenvalue weighted by molar-refractivity contribution is 9.10. The SMILES string of the molecule is Nc1ncc2ccc(-c3ccccc3Br)cc2n1. The third-order valence-electron chi connectivity index (χ3n) is 2.79. The van der Waals surface area contributed by atoms with Gasteiger partial charge in [-0.25, -0.2) is 9.97 Å². The van der Waals surface area contributed by atoms with Gasteiger partial charge in [-0.2, -0.15) is 0 Å². The maximum absolute atomic E-state index is 5.61. The molecule has 88 valence electrons. The summed E-state index contributed by atoms with van der Waals surface area (Å²) in [6.07, 6.45) is 1.74. The number of halogens is 1. The van der Waals surface area contributed by atoms with Crippen LogP contribution in [-0.4, -0.2) is 9.97 Å². The van der Waals surface area contributed by atoms with Crippen molar-refractivity contribution in [1.29, 1.82) is 0 Å². The van der Waals surface area contributed by atoms with Crippen LogP contribution in [0, 0.1) is 0 Å². The van der Waals surface area contributed by atoms with Crippen molar-refractivity contribution in [3.63, 3.8) is 0 Å². The van der Waals surface area contributed by atoms with E-state index in [1.54, 1.807) is 6.20 Å². The number of benzene rings is 2. The average Bonchev–Trinajstić information content (AvgIpc) is 2.38. The first kappa shape index (κ1) is 11.2. The molecule has 0 fully saturated rings. The van der Waals surface area contributed by atoms with Crippen LogP contribution in [0.5, 0.6) is 0 Å². The van der Waals surface area contributed by atoms with Crippen LogP contribution in [0.2, 0.25) is 0 Å². The largest absolute Gasteiger partial charge is 0.368 e. The zero-order valence-electron chi connectivity index (χ0n) is 9.47. The second-order valence-electron chi connectivity index (χ2n) is 3.98. The number of nitrogen functional groups attached to an aromatic ring is 1. The lowest BCUT2D eigenvalue weighted by molar-refractivity contribution is 1.24. The Morgan fingerprint density at radius 1 is 1.06 bits per heavy atom. The quantitative estimate of drug-likeness (QED) is 0.746. The van der Waals surface area contributed by atoms with Gasteiger partial charge in [0.25, 0.3) is 0 Å². The molecule has 0 saturated carbocycles. The molecular weight excluding hydrogens is 290 g/mol. The van der Waals surface area contributed by atoms with Crippen LogP contribution in [0.15, 0.2) is 53.1 Å². The van der Waals surface area contributed by atoms with Crippen LogP contribution in [0.3, 0.4) is 0 Å². The summed E-state index contributed by atoms with van der Waals surface area (Å²) in [5, 5.41) is 0.986. The lowest BCUT2D eigenvalue weighted by Crippen LogP contribution is -1.94. The molecule has 3 nitrogen and oxygen atoms in total. The molecule has 0 aliphatic heterocycles. The van der Waals surface area contributed by atoms with Gasteiger partial charge in [-0.3, -0.25) is 0 Å². The van der Waals surface area contributed by atoms with Crippen molar-refractivity contribution < 1.29 is 0 Å². The Bertz CT molecular complexity index is 725. The molecule has 0 spiro atoms. The summed E-state index contributed by atoms with van der Waals surface area (Å²) in [5.41, 5.74) is 8.71. The summed E-state index contributed by atoms with van der Waals surface area (Å²) in [6.45, 7) is 0. The van der Waals surface area contributed by atoms with Gasteiger partial charge >= 0.3 is 0 Å². The van der Waals surface area contributed by atoms with Crippen molar-refractivity contribution in [2.24, 2.45) is 0 Å². The third kappa shape index (κ3) is 1.95. The second-order valence-corrected chi connectivity index (χ2v) is 4.84. The van der Waals surface area contributed by atoms with E-state index in [-0.39, 0.29) is 0 Å². The van der Waals surface area contributed by atoms with Gasteiger partial charge in [0.1, 0.15) is 0 Å². The molecule has 18 heavy (non-hydrogen) atoms. The van der Waals surface area contributed by atoms with Gasteiger partial charge in [0.2, 0.25) is 5.95 Å². The molecule has 2 N–H and O–H groups in total. The van der Waals surface area contributed by atoms with Gasteiger partial charge in [-0.15, -0.1) is 0 Å². The zero-order valence-corrected chi connectivity index (χ0v) is 11.1. The average molecular weight is 300 g/mol. The molecular formula is C14H10BrN3. The molecule has 0 bridgehead atoms. The van der Waals surface area contributed by atoms with Gasteiger partial charge in [0.05, 0.1) is 5.52 Å². The van der Waals surface area contributed by atoms with E-state index >= 15 is 0 Å². The smallest absolute Gasteiger partial charge is 0.220 e. The fourth-order valence-electron chi connectivity index (χ4n) is 1.90. The number of anilines is 1. The van der Waals surface area contributed by atoms with Crippen molar-refractivity contribution in [3.05, 3.63) is 53.1 Å². The third-order valence-corrected chi connectivity index (χ3v) is 3.48. The number of aromatic nitrogens is 2. The number of hydrogen-bond acceptors (Lipinski definition) is 3. The Hall–Kier alpha value is -1.94. The normalized spacial score (nSPS) is 10.7. The number of nitrogens with two attached hydrogens (primary N) is 1. The number of nitrogens with zero attached hydrogens (tertiary/aromatic N) is 2. The lowest BCUT2D eigenvalue weighted by Gasteiger charge is -2.06. The van der Waals surface area contributed by atoms with E-state index < -0.39 is 0 Å². The minimum Gasteiger partial charge on any atom is -0.368 e.